The molecule has 0 radical (unpaired) electrons. The van der Waals surface area contributed by atoms with Gasteiger partial charge in [-0.25, -0.2) is 0 Å². The lowest BCUT2D eigenvalue weighted by atomic mass is 9.97. The van der Waals surface area contributed by atoms with E-state index in [2.05, 4.69) is 5.32 Å². The topological polar surface area (TPSA) is 38.3 Å². The zero-order chi connectivity index (χ0) is 9.80. The van der Waals surface area contributed by atoms with Gasteiger partial charge in [0.2, 0.25) is 0 Å². The van der Waals surface area contributed by atoms with Gasteiger partial charge in [-0.3, -0.25) is 4.79 Å². The Hall–Kier alpha value is -0.570. The lowest BCUT2D eigenvalue weighted by Crippen LogP contribution is -2.43. The average molecular weight is 197 g/mol. The van der Waals surface area contributed by atoms with E-state index in [-0.39, 0.29) is 12.1 Å². The molecule has 0 bridgehead atoms. The molecule has 3 heteroatoms. The molecule has 0 unspecified atom stereocenters. The Bertz CT molecular complexity index is 195. The molecule has 1 N–H and O–H groups in total. The van der Waals surface area contributed by atoms with Crippen molar-refractivity contribution in [3.63, 3.8) is 0 Å². The molecular formula is C11H19NO2. The molecule has 80 valence electrons. The number of hydrogen-bond acceptors (Lipinski definition) is 3. The van der Waals surface area contributed by atoms with Crippen LogP contribution in [-0.2, 0) is 9.53 Å². The number of nitrogens with one attached hydrogen (secondary N) is 1. The van der Waals surface area contributed by atoms with Gasteiger partial charge in [-0.2, -0.15) is 0 Å². The fourth-order valence-electron chi connectivity index (χ4n) is 2.15. The third-order valence-corrected chi connectivity index (χ3v) is 3.17. The van der Waals surface area contributed by atoms with Crippen LogP contribution in [0.5, 0.6) is 0 Å². The van der Waals surface area contributed by atoms with Gasteiger partial charge in [0.25, 0.3) is 0 Å². The van der Waals surface area contributed by atoms with Gasteiger partial charge < -0.3 is 10.1 Å². The number of carbonyl (C=O) groups is 1. The first-order valence-corrected chi connectivity index (χ1v) is 5.75. The second kappa shape index (κ2) is 4.78. The molecule has 0 spiro atoms. The van der Waals surface area contributed by atoms with E-state index in [1.54, 1.807) is 0 Å². The first-order chi connectivity index (χ1) is 6.84. The summed E-state index contributed by atoms with van der Waals surface area (Å²) in [5, 5.41) is 3.16. The minimum absolute atomic E-state index is 0.0170. The third-order valence-electron chi connectivity index (χ3n) is 3.17. The van der Waals surface area contributed by atoms with Crippen LogP contribution < -0.4 is 5.32 Å². The molecular weight excluding hydrogens is 178 g/mol. The van der Waals surface area contributed by atoms with Crippen molar-refractivity contribution in [2.75, 3.05) is 13.1 Å². The molecule has 2 fully saturated rings. The second-order valence-electron chi connectivity index (χ2n) is 4.48. The van der Waals surface area contributed by atoms with Gasteiger partial charge in [0.1, 0.15) is 6.10 Å². The van der Waals surface area contributed by atoms with Crippen molar-refractivity contribution in [3.05, 3.63) is 0 Å². The molecule has 0 aromatic heterocycles. The zero-order valence-electron chi connectivity index (χ0n) is 8.63. The van der Waals surface area contributed by atoms with Crippen molar-refractivity contribution in [2.24, 2.45) is 5.92 Å². The van der Waals surface area contributed by atoms with Gasteiger partial charge in [-0.15, -0.1) is 0 Å². The molecule has 2 rings (SSSR count). The van der Waals surface area contributed by atoms with Crippen LogP contribution in [0.3, 0.4) is 0 Å². The van der Waals surface area contributed by atoms with Crippen LogP contribution in [0.25, 0.3) is 0 Å². The monoisotopic (exact) mass is 197 g/mol. The molecule has 0 aromatic carbocycles. The Labute approximate surface area is 85.2 Å². The summed E-state index contributed by atoms with van der Waals surface area (Å²) in [5.41, 5.74) is 0. The van der Waals surface area contributed by atoms with Crippen molar-refractivity contribution in [2.45, 2.75) is 44.6 Å². The molecule has 3 nitrogen and oxygen atoms in total. The van der Waals surface area contributed by atoms with E-state index < -0.39 is 0 Å². The maximum absolute atomic E-state index is 11.5. The highest BCUT2D eigenvalue weighted by Crippen LogP contribution is 2.21. The van der Waals surface area contributed by atoms with E-state index >= 15 is 0 Å². The fraction of sp³-hybridized carbons (Fsp3) is 0.909. The predicted molar refractivity (Wildman–Crippen MR) is 53.9 cm³/mol. The van der Waals surface area contributed by atoms with Crippen LogP contribution in [0.1, 0.15) is 38.5 Å². The van der Waals surface area contributed by atoms with Crippen LogP contribution in [-0.4, -0.2) is 25.2 Å². The van der Waals surface area contributed by atoms with Crippen LogP contribution in [0, 0.1) is 5.92 Å². The maximum atomic E-state index is 11.5. The number of rotatable bonds is 3. The summed E-state index contributed by atoms with van der Waals surface area (Å²) in [4.78, 5) is 11.5. The highest BCUT2D eigenvalue weighted by molar-refractivity contribution is 5.70. The smallest absolute Gasteiger partial charge is 0.306 e. The largest absolute Gasteiger partial charge is 0.462 e. The standard InChI is InChI=1S/C11H19NO2/c13-11(6-9-7-12-8-9)14-10-4-2-1-3-5-10/h9-10,12H,1-8H2. The van der Waals surface area contributed by atoms with E-state index in [4.69, 9.17) is 4.74 Å². The van der Waals surface area contributed by atoms with Crippen LogP contribution >= 0.6 is 0 Å². The van der Waals surface area contributed by atoms with Crippen molar-refractivity contribution >= 4 is 5.97 Å². The minimum Gasteiger partial charge on any atom is -0.462 e. The molecule has 1 aliphatic heterocycles. The number of carbonyl (C=O) groups excluding carboxylic acids is 1. The lowest BCUT2D eigenvalue weighted by molar-refractivity contribution is -0.152. The number of ether oxygens (including phenoxy) is 1. The van der Waals surface area contributed by atoms with E-state index in [9.17, 15) is 4.79 Å². The van der Waals surface area contributed by atoms with E-state index in [0.29, 0.717) is 12.3 Å². The van der Waals surface area contributed by atoms with Crippen molar-refractivity contribution in [1.29, 1.82) is 0 Å². The van der Waals surface area contributed by atoms with Gasteiger partial charge in [-0.05, 0) is 44.7 Å². The third kappa shape index (κ3) is 2.71. The van der Waals surface area contributed by atoms with Crippen molar-refractivity contribution in [1.82, 2.24) is 5.32 Å². The summed E-state index contributed by atoms with van der Waals surface area (Å²) in [6, 6.07) is 0. The Morgan fingerprint density at radius 2 is 1.93 bits per heavy atom. The van der Waals surface area contributed by atoms with Crippen LogP contribution in [0.15, 0.2) is 0 Å². The Morgan fingerprint density at radius 1 is 1.21 bits per heavy atom. The average Bonchev–Trinajstić information content (AvgIpc) is 2.13. The van der Waals surface area contributed by atoms with Gasteiger partial charge in [-0.1, -0.05) is 6.42 Å². The second-order valence-corrected chi connectivity index (χ2v) is 4.48. The first-order valence-electron chi connectivity index (χ1n) is 5.75. The fourth-order valence-corrected chi connectivity index (χ4v) is 2.15. The Balaban J connectivity index is 1.64. The van der Waals surface area contributed by atoms with Gasteiger partial charge in [0.05, 0.1) is 6.42 Å². The minimum atomic E-state index is 0.0170. The van der Waals surface area contributed by atoms with E-state index in [1.807, 2.05) is 0 Å². The Morgan fingerprint density at radius 3 is 2.50 bits per heavy atom. The molecule has 1 heterocycles. The summed E-state index contributed by atoms with van der Waals surface area (Å²) in [7, 11) is 0. The highest BCUT2D eigenvalue weighted by Gasteiger charge is 2.23. The van der Waals surface area contributed by atoms with Crippen LogP contribution in [0.2, 0.25) is 0 Å². The molecule has 2 aliphatic rings. The summed E-state index contributed by atoms with van der Waals surface area (Å²) in [5.74, 6) is 0.550. The normalized spacial score (nSPS) is 24.3. The van der Waals surface area contributed by atoms with Crippen molar-refractivity contribution < 1.29 is 9.53 Å². The SMILES string of the molecule is O=C(CC1CNC1)OC1CCCCC1. The summed E-state index contributed by atoms with van der Waals surface area (Å²) in [6.45, 7) is 1.97. The van der Waals surface area contributed by atoms with Gasteiger partial charge in [0.15, 0.2) is 0 Å². The zero-order valence-corrected chi connectivity index (χ0v) is 8.63. The maximum Gasteiger partial charge on any atom is 0.306 e. The molecule has 1 saturated carbocycles. The highest BCUT2D eigenvalue weighted by atomic mass is 16.5. The number of hydrogen-bond donors (Lipinski definition) is 1. The molecule has 1 saturated heterocycles. The quantitative estimate of drug-likeness (QED) is 0.696. The summed E-state index contributed by atoms with van der Waals surface area (Å²) < 4.78 is 5.43. The molecule has 0 aromatic rings. The summed E-state index contributed by atoms with van der Waals surface area (Å²) >= 11 is 0. The molecule has 1 aliphatic carbocycles. The van der Waals surface area contributed by atoms with Crippen LogP contribution in [0.4, 0.5) is 0 Å². The summed E-state index contributed by atoms with van der Waals surface area (Å²) in [6.07, 6.45) is 6.75. The lowest BCUT2D eigenvalue weighted by Gasteiger charge is -2.27. The van der Waals surface area contributed by atoms with Gasteiger partial charge in [0, 0.05) is 0 Å². The van der Waals surface area contributed by atoms with Crippen molar-refractivity contribution in [3.8, 4) is 0 Å². The van der Waals surface area contributed by atoms with E-state index in [0.717, 1.165) is 25.9 Å². The Kier molecular flexibility index (Phi) is 3.40. The number of esters is 1. The molecule has 0 amide bonds. The first kappa shape index (κ1) is 9.97. The van der Waals surface area contributed by atoms with Gasteiger partial charge >= 0.3 is 5.97 Å². The van der Waals surface area contributed by atoms with E-state index in [1.165, 1.54) is 19.3 Å². The molecule has 0 atom stereocenters. The molecule has 14 heavy (non-hydrogen) atoms. The predicted octanol–water partition coefficient (Wildman–Crippen LogP) is 1.47.